The van der Waals surface area contributed by atoms with Crippen LogP contribution in [0.1, 0.15) is 62.1 Å². The van der Waals surface area contributed by atoms with Crippen LogP contribution in [-0.2, 0) is 11.2 Å². The number of nitrogens with one attached hydrogen (secondary N) is 1. The number of ether oxygens (including phenoxy) is 1. The van der Waals surface area contributed by atoms with E-state index < -0.39 is 0 Å². The average molecular weight is 568 g/mol. The fourth-order valence-corrected chi connectivity index (χ4v) is 5.86. The molecule has 3 amide bonds. The van der Waals surface area contributed by atoms with Gasteiger partial charge in [0.15, 0.2) is 0 Å². The lowest BCUT2D eigenvalue weighted by molar-refractivity contribution is -0.135. The number of fused-ring (bicyclic) bond motifs is 1. The number of halogens is 1. The van der Waals surface area contributed by atoms with Crippen LogP contribution in [0.25, 0.3) is 0 Å². The maximum atomic E-state index is 13.8. The molecule has 8 heteroatoms. The summed E-state index contributed by atoms with van der Waals surface area (Å²) in [5.41, 5.74) is 2.99. The molecule has 0 saturated heterocycles. The molecule has 0 radical (unpaired) electrons. The number of urea groups is 1. The second-order valence-corrected chi connectivity index (χ2v) is 12.0. The van der Waals surface area contributed by atoms with Crippen LogP contribution < -0.4 is 10.1 Å². The van der Waals surface area contributed by atoms with E-state index in [-0.39, 0.29) is 30.4 Å². The van der Waals surface area contributed by atoms with Crippen molar-refractivity contribution in [3.8, 4) is 5.75 Å². The van der Waals surface area contributed by atoms with Gasteiger partial charge in [-0.1, -0.05) is 63.9 Å². The molecule has 1 N–H and O–H groups in total. The zero-order valence-electron chi connectivity index (χ0n) is 23.2. The number of rotatable bonds is 10. The van der Waals surface area contributed by atoms with E-state index >= 15 is 0 Å². The van der Waals surface area contributed by atoms with Gasteiger partial charge in [0.05, 0.1) is 6.04 Å². The van der Waals surface area contributed by atoms with E-state index in [1.807, 2.05) is 17.0 Å². The van der Waals surface area contributed by atoms with Gasteiger partial charge in [-0.3, -0.25) is 4.79 Å². The highest BCUT2D eigenvalue weighted by molar-refractivity contribution is 7.10. The lowest BCUT2D eigenvalue weighted by Gasteiger charge is -2.37. The van der Waals surface area contributed by atoms with Crippen molar-refractivity contribution in [2.45, 2.75) is 52.5 Å². The number of hydrogen-bond donors (Lipinski definition) is 1. The molecule has 3 aromatic rings. The Balaban J connectivity index is 1.49. The van der Waals surface area contributed by atoms with Crippen LogP contribution in [-0.4, -0.2) is 48.0 Å². The Labute approximate surface area is 240 Å². The fraction of sp³-hybridized carbons (Fsp3) is 0.419. The molecule has 0 saturated carbocycles. The number of amides is 3. The van der Waals surface area contributed by atoms with Crippen molar-refractivity contribution in [1.29, 1.82) is 0 Å². The zero-order chi connectivity index (χ0) is 27.9. The number of benzene rings is 2. The van der Waals surface area contributed by atoms with E-state index in [1.165, 1.54) is 10.4 Å². The molecular formula is C31H38ClN3O3S. The van der Waals surface area contributed by atoms with Crippen molar-refractivity contribution in [2.24, 2.45) is 5.92 Å². The third-order valence-corrected chi connectivity index (χ3v) is 8.52. The molecule has 0 spiro atoms. The van der Waals surface area contributed by atoms with Crippen molar-refractivity contribution in [2.75, 3.05) is 31.6 Å². The van der Waals surface area contributed by atoms with Crippen LogP contribution in [0.15, 0.2) is 60.0 Å². The third-order valence-electron chi connectivity index (χ3n) is 7.29. The van der Waals surface area contributed by atoms with Crippen molar-refractivity contribution in [1.82, 2.24) is 9.80 Å². The van der Waals surface area contributed by atoms with Crippen molar-refractivity contribution < 1.29 is 14.3 Å². The zero-order valence-corrected chi connectivity index (χ0v) is 24.7. The summed E-state index contributed by atoms with van der Waals surface area (Å²) in [7, 11) is 0. The monoisotopic (exact) mass is 567 g/mol. The summed E-state index contributed by atoms with van der Waals surface area (Å²) in [6, 6.07) is 16.8. The van der Waals surface area contributed by atoms with E-state index in [1.54, 1.807) is 40.5 Å². The second-order valence-electron chi connectivity index (χ2n) is 10.5. The molecule has 2 aromatic carbocycles. The van der Waals surface area contributed by atoms with Crippen LogP contribution in [0.3, 0.4) is 0 Å². The molecule has 1 aliphatic rings. The smallest absolute Gasteiger partial charge is 0.322 e. The van der Waals surface area contributed by atoms with Gasteiger partial charge in [-0.15, -0.1) is 11.3 Å². The van der Waals surface area contributed by atoms with Gasteiger partial charge < -0.3 is 19.9 Å². The minimum absolute atomic E-state index is 0.00417. The Kier molecular flexibility index (Phi) is 9.92. The van der Waals surface area contributed by atoms with Crippen LogP contribution in [0, 0.1) is 5.92 Å². The van der Waals surface area contributed by atoms with Crippen LogP contribution >= 0.6 is 22.9 Å². The highest BCUT2D eigenvalue weighted by atomic mass is 35.5. The van der Waals surface area contributed by atoms with Crippen molar-refractivity contribution in [3.05, 3.63) is 81.0 Å². The summed E-state index contributed by atoms with van der Waals surface area (Å²) in [6.07, 6.45) is 1.71. The maximum absolute atomic E-state index is 13.8. The van der Waals surface area contributed by atoms with Crippen LogP contribution in [0.2, 0.25) is 5.02 Å². The molecule has 1 aliphatic heterocycles. The first-order chi connectivity index (χ1) is 18.7. The van der Waals surface area contributed by atoms with E-state index in [2.05, 4.69) is 56.6 Å². The van der Waals surface area contributed by atoms with Gasteiger partial charge in [0.2, 0.25) is 5.91 Å². The second kappa shape index (κ2) is 13.4. The first-order valence-electron chi connectivity index (χ1n) is 13.6. The number of carbonyl (C=O) groups excluding carboxylic acids is 2. The Morgan fingerprint density at radius 3 is 2.62 bits per heavy atom. The predicted molar refractivity (Wildman–Crippen MR) is 160 cm³/mol. The molecule has 0 fully saturated rings. The summed E-state index contributed by atoms with van der Waals surface area (Å²) in [5, 5.41) is 5.53. The normalized spacial score (nSPS) is 15.5. The first-order valence-corrected chi connectivity index (χ1v) is 14.9. The summed E-state index contributed by atoms with van der Waals surface area (Å²) >= 11 is 7.83. The van der Waals surface area contributed by atoms with E-state index in [0.29, 0.717) is 36.3 Å². The van der Waals surface area contributed by atoms with Crippen molar-refractivity contribution >= 4 is 40.6 Å². The fourth-order valence-electron chi connectivity index (χ4n) is 4.75. The number of thiophene rings is 1. The molecular weight excluding hydrogens is 530 g/mol. The minimum Gasteiger partial charge on any atom is -0.491 e. The lowest BCUT2D eigenvalue weighted by Crippen LogP contribution is -2.49. The van der Waals surface area contributed by atoms with Crippen LogP contribution in [0.4, 0.5) is 10.5 Å². The van der Waals surface area contributed by atoms with E-state index in [9.17, 15) is 9.59 Å². The van der Waals surface area contributed by atoms with Gasteiger partial charge in [0.25, 0.3) is 0 Å². The summed E-state index contributed by atoms with van der Waals surface area (Å²) in [6.45, 7) is 9.94. The minimum atomic E-state index is -0.308. The Bertz CT molecular complexity index is 1260. The SMILES string of the molecule is CC[C@@H](C)CN(CC(=O)N1CCc2sccc2[C@H]1COc1ccc(C(C)C)cc1)C(=O)Nc1cccc(Cl)c1. The Morgan fingerprint density at radius 1 is 1.15 bits per heavy atom. The van der Waals surface area contributed by atoms with Crippen LogP contribution in [0.5, 0.6) is 5.75 Å². The van der Waals surface area contributed by atoms with Gasteiger partial charge in [-0.05, 0) is 71.2 Å². The highest BCUT2D eigenvalue weighted by Gasteiger charge is 2.33. The quantitative estimate of drug-likeness (QED) is 0.274. The standard InChI is InChI=1S/C31H38ClN3O3S/c1-5-22(4)18-34(31(37)33-25-8-6-7-24(32)17-25)19-30(36)35-15-13-29-27(14-16-39-29)28(35)20-38-26-11-9-23(10-12-26)21(2)3/h6-12,14,16-17,21-22,28H,5,13,15,18-20H2,1-4H3,(H,33,37)/t22-,28-/m1/s1. The number of anilines is 1. The van der Waals surface area contributed by atoms with Gasteiger partial charge in [0.1, 0.15) is 18.9 Å². The average Bonchev–Trinajstić information content (AvgIpc) is 3.40. The molecule has 6 nitrogen and oxygen atoms in total. The van der Waals surface area contributed by atoms with Gasteiger partial charge in [-0.2, -0.15) is 0 Å². The number of carbonyl (C=O) groups is 2. The molecule has 1 aromatic heterocycles. The van der Waals surface area contributed by atoms with Crippen molar-refractivity contribution in [3.63, 3.8) is 0 Å². The molecule has 39 heavy (non-hydrogen) atoms. The molecule has 208 valence electrons. The molecule has 2 atom stereocenters. The number of nitrogens with zero attached hydrogens (tertiary/aromatic N) is 2. The largest absolute Gasteiger partial charge is 0.491 e. The molecule has 2 heterocycles. The number of hydrogen-bond acceptors (Lipinski definition) is 4. The van der Waals surface area contributed by atoms with E-state index in [4.69, 9.17) is 16.3 Å². The molecule has 4 rings (SSSR count). The van der Waals surface area contributed by atoms with Gasteiger partial charge in [0, 0.05) is 28.7 Å². The molecule has 0 aliphatic carbocycles. The first kappa shape index (κ1) is 29.0. The maximum Gasteiger partial charge on any atom is 0.322 e. The van der Waals surface area contributed by atoms with Gasteiger partial charge in [-0.25, -0.2) is 4.79 Å². The highest BCUT2D eigenvalue weighted by Crippen LogP contribution is 2.34. The topological polar surface area (TPSA) is 61.9 Å². The summed E-state index contributed by atoms with van der Waals surface area (Å²) < 4.78 is 6.22. The Hall–Kier alpha value is -3.03. The molecule has 0 bridgehead atoms. The predicted octanol–water partition coefficient (Wildman–Crippen LogP) is 7.61. The van der Waals surface area contributed by atoms with E-state index in [0.717, 1.165) is 24.2 Å². The van der Waals surface area contributed by atoms with Gasteiger partial charge >= 0.3 is 6.03 Å². The molecule has 0 unspecified atom stereocenters. The summed E-state index contributed by atoms with van der Waals surface area (Å²) in [4.78, 5) is 31.9. The summed E-state index contributed by atoms with van der Waals surface area (Å²) in [5.74, 6) is 1.41. The lowest BCUT2D eigenvalue weighted by atomic mass is 10.00. The third kappa shape index (κ3) is 7.55. The Morgan fingerprint density at radius 2 is 1.92 bits per heavy atom.